The lowest BCUT2D eigenvalue weighted by Gasteiger charge is -2.22. The van der Waals surface area contributed by atoms with Gasteiger partial charge in [-0.05, 0) is 48.2 Å². The normalized spacial score (nSPS) is 11.2. The first-order valence-corrected chi connectivity index (χ1v) is 9.01. The van der Waals surface area contributed by atoms with Crippen molar-refractivity contribution in [3.05, 3.63) is 81.2 Å². The van der Waals surface area contributed by atoms with Crippen LogP contribution in [0, 0.1) is 13.8 Å². The lowest BCUT2D eigenvalue weighted by Crippen LogP contribution is -2.28. The van der Waals surface area contributed by atoms with Crippen molar-refractivity contribution in [3.63, 3.8) is 0 Å². The predicted molar refractivity (Wildman–Crippen MR) is 106 cm³/mol. The zero-order chi connectivity index (χ0) is 19.4. The number of carbonyl (C=O) groups is 1. The third-order valence-corrected chi connectivity index (χ3v) is 4.76. The molecule has 1 aromatic heterocycles. The largest absolute Gasteiger partial charge is 0.423 e. The van der Waals surface area contributed by atoms with Crippen LogP contribution in [-0.4, -0.2) is 17.4 Å². The summed E-state index contributed by atoms with van der Waals surface area (Å²) in [7, 11) is 0. The van der Waals surface area contributed by atoms with E-state index in [1.54, 1.807) is 6.07 Å². The molecule has 2 aromatic carbocycles. The average molecular weight is 364 g/mol. The molecule has 0 spiro atoms. The van der Waals surface area contributed by atoms with Crippen molar-refractivity contribution in [1.29, 1.82) is 0 Å². The Morgan fingerprint density at radius 1 is 1.04 bits per heavy atom. The van der Waals surface area contributed by atoms with Gasteiger partial charge in [0, 0.05) is 37.5 Å². The van der Waals surface area contributed by atoms with Crippen LogP contribution in [0.3, 0.4) is 0 Å². The molecule has 3 aromatic rings. The molecule has 0 fully saturated rings. The van der Waals surface area contributed by atoms with Crippen LogP contribution in [-0.2, 0) is 17.9 Å². The number of primary amides is 1. The lowest BCUT2D eigenvalue weighted by molar-refractivity contribution is -0.118. The highest BCUT2D eigenvalue weighted by Crippen LogP contribution is 2.23. The van der Waals surface area contributed by atoms with Crippen LogP contribution in [0.25, 0.3) is 11.0 Å². The average Bonchev–Trinajstić information content (AvgIpc) is 2.62. The summed E-state index contributed by atoms with van der Waals surface area (Å²) in [6, 6.07) is 15.5. The van der Waals surface area contributed by atoms with Gasteiger partial charge in [0.25, 0.3) is 0 Å². The Bertz CT molecular complexity index is 1010. The van der Waals surface area contributed by atoms with Crippen molar-refractivity contribution in [1.82, 2.24) is 4.90 Å². The van der Waals surface area contributed by atoms with Gasteiger partial charge in [-0.25, -0.2) is 4.79 Å². The minimum absolute atomic E-state index is 0.268. The Morgan fingerprint density at radius 2 is 1.74 bits per heavy atom. The maximum Gasteiger partial charge on any atom is 0.336 e. The molecule has 0 saturated carbocycles. The van der Waals surface area contributed by atoms with Crippen LogP contribution in [0.4, 0.5) is 0 Å². The number of fused-ring (bicyclic) bond motifs is 1. The van der Waals surface area contributed by atoms with Gasteiger partial charge >= 0.3 is 5.63 Å². The topological polar surface area (TPSA) is 76.5 Å². The van der Waals surface area contributed by atoms with Crippen LogP contribution in [0.1, 0.15) is 28.7 Å². The number of rotatable bonds is 7. The van der Waals surface area contributed by atoms with Crippen molar-refractivity contribution in [2.45, 2.75) is 33.4 Å². The summed E-state index contributed by atoms with van der Waals surface area (Å²) in [5.74, 6) is -0.336. The Kier molecular flexibility index (Phi) is 5.72. The van der Waals surface area contributed by atoms with Crippen molar-refractivity contribution in [2.24, 2.45) is 5.73 Å². The highest BCUT2D eigenvalue weighted by Gasteiger charge is 2.13. The second-order valence-electron chi connectivity index (χ2n) is 6.94. The molecular formula is C22H24N2O3. The molecule has 1 amide bonds. The van der Waals surface area contributed by atoms with Crippen LogP contribution in [0.15, 0.2) is 57.7 Å². The summed E-state index contributed by atoms with van der Waals surface area (Å²) in [6.45, 7) is 5.76. The first-order valence-electron chi connectivity index (χ1n) is 9.01. The summed E-state index contributed by atoms with van der Waals surface area (Å²) in [6.07, 6.45) is 0.268. The first-order chi connectivity index (χ1) is 12.9. The summed E-state index contributed by atoms with van der Waals surface area (Å²) in [5.41, 5.74) is 9.83. The number of hydrogen-bond donors (Lipinski definition) is 1. The van der Waals surface area contributed by atoms with Crippen LogP contribution in [0.2, 0.25) is 0 Å². The van der Waals surface area contributed by atoms with Gasteiger partial charge in [0.1, 0.15) is 5.58 Å². The monoisotopic (exact) mass is 364 g/mol. The van der Waals surface area contributed by atoms with Gasteiger partial charge in [0.2, 0.25) is 5.91 Å². The number of aryl methyl sites for hydroxylation is 2. The van der Waals surface area contributed by atoms with Crippen LogP contribution < -0.4 is 11.4 Å². The fraction of sp³-hybridized carbons (Fsp3) is 0.273. The molecule has 27 heavy (non-hydrogen) atoms. The molecule has 2 N–H and O–H groups in total. The van der Waals surface area contributed by atoms with E-state index in [2.05, 4.69) is 11.0 Å². The van der Waals surface area contributed by atoms with E-state index in [4.69, 9.17) is 10.2 Å². The molecule has 0 bridgehead atoms. The molecule has 1 heterocycles. The second-order valence-corrected chi connectivity index (χ2v) is 6.94. The van der Waals surface area contributed by atoms with Gasteiger partial charge in [-0.2, -0.15) is 0 Å². The highest BCUT2D eigenvalue weighted by molar-refractivity contribution is 5.81. The van der Waals surface area contributed by atoms with Crippen LogP contribution >= 0.6 is 0 Å². The van der Waals surface area contributed by atoms with Gasteiger partial charge in [-0.1, -0.05) is 30.3 Å². The van der Waals surface area contributed by atoms with Gasteiger partial charge in [-0.15, -0.1) is 0 Å². The summed E-state index contributed by atoms with van der Waals surface area (Å²) >= 11 is 0. The summed E-state index contributed by atoms with van der Waals surface area (Å²) in [4.78, 5) is 25.5. The zero-order valence-corrected chi connectivity index (χ0v) is 15.7. The molecule has 5 heteroatoms. The molecule has 0 radical (unpaired) electrons. The number of hydrogen-bond acceptors (Lipinski definition) is 4. The molecule has 0 atom stereocenters. The number of nitrogens with two attached hydrogens (primary N) is 1. The van der Waals surface area contributed by atoms with E-state index in [0.29, 0.717) is 25.2 Å². The smallest absolute Gasteiger partial charge is 0.336 e. The number of nitrogens with zero attached hydrogens (tertiary/aromatic N) is 1. The number of benzene rings is 2. The molecule has 0 aliphatic rings. The Balaban J connectivity index is 1.95. The minimum atomic E-state index is -0.365. The molecule has 140 valence electrons. The van der Waals surface area contributed by atoms with Crippen molar-refractivity contribution < 1.29 is 9.21 Å². The van der Waals surface area contributed by atoms with Crippen molar-refractivity contribution in [2.75, 3.05) is 6.54 Å². The SMILES string of the molecule is Cc1cc2oc(=O)cc(CN(CCC(N)=O)Cc3ccccc3)c2cc1C. The predicted octanol–water partition coefficient (Wildman–Crippen LogP) is 3.29. The Hall–Kier alpha value is -2.92. The third kappa shape index (κ3) is 4.83. The van der Waals surface area contributed by atoms with Crippen molar-refractivity contribution >= 4 is 16.9 Å². The molecule has 0 unspecified atom stereocenters. The van der Waals surface area contributed by atoms with Gasteiger partial charge in [0.05, 0.1) is 0 Å². The van der Waals surface area contributed by atoms with E-state index in [1.807, 2.05) is 50.2 Å². The maximum absolute atomic E-state index is 12.0. The van der Waals surface area contributed by atoms with E-state index >= 15 is 0 Å². The maximum atomic E-state index is 12.0. The van der Waals surface area contributed by atoms with Gasteiger partial charge < -0.3 is 10.2 Å². The Morgan fingerprint density at radius 3 is 2.44 bits per heavy atom. The Labute approximate surface area is 158 Å². The van der Waals surface area contributed by atoms with Crippen LogP contribution in [0.5, 0.6) is 0 Å². The fourth-order valence-electron chi connectivity index (χ4n) is 3.18. The van der Waals surface area contributed by atoms with Gasteiger partial charge in [-0.3, -0.25) is 9.69 Å². The zero-order valence-electron chi connectivity index (χ0n) is 15.7. The van der Waals surface area contributed by atoms with E-state index in [0.717, 1.165) is 27.6 Å². The standard InChI is InChI=1S/C22H24N2O3/c1-15-10-19-18(12-22(26)27-20(19)11-16(15)2)14-24(9-8-21(23)25)13-17-6-4-3-5-7-17/h3-7,10-12H,8-9,13-14H2,1-2H3,(H2,23,25). The molecule has 0 saturated heterocycles. The molecule has 5 nitrogen and oxygen atoms in total. The van der Waals surface area contributed by atoms with E-state index in [-0.39, 0.29) is 18.0 Å². The molecular weight excluding hydrogens is 340 g/mol. The molecule has 0 aliphatic carbocycles. The number of amides is 1. The first kappa shape index (κ1) is 18.9. The molecule has 3 rings (SSSR count). The number of carbonyl (C=O) groups excluding carboxylic acids is 1. The van der Waals surface area contributed by atoms with E-state index < -0.39 is 0 Å². The van der Waals surface area contributed by atoms with Crippen molar-refractivity contribution in [3.8, 4) is 0 Å². The highest BCUT2D eigenvalue weighted by atomic mass is 16.4. The molecule has 0 aliphatic heterocycles. The van der Waals surface area contributed by atoms with E-state index in [9.17, 15) is 9.59 Å². The minimum Gasteiger partial charge on any atom is -0.423 e. The van der Waals surface area contributed by atoms with E-state index in [1.165, 1.54) is 0 Å². The second kappa shape index (κ2) is 8.18. The lowest BCUT2D eigenvalue weighted by atomic mass is 10.0. The summed E-state index contributed by atoms with van der Waals surface area (Å²) in [5, 5.41) is 0.926. The van der Waals surface area contributed by atoms with Gasteiger partial charge in [0.15, 0.2) is 0 Å². The quantitative estimate of drug-likeness (QED) is 0.653. The fourth-order valence-corrected chi connectivity index (χ4v) is 3.18. The third-order valence-electron chi connectivity index (χ3n) is 4.76. The summed E-state index contributed by atoms with van der Waals surface area (Å²) < 4.78 is 5.39.